The van der Waals surface area contributed by atoms with Crippen LogP contribution in [0.4, 0.5) is 4.39 Å². The number of rotatable bonds is 4. The highest BCUT2D eigenvalue weighted by Gasteiger charge is 2.33. The predicted octanol–water partition coefficient (Wildman–Crippen LogP) is 6.12. The molecule has 0 spiro atoms. The molecule has 0 fully saturated rings. The number of ether oxygens (including phenoxy) is 1. The molecule has 0 saturated carbocycles. The Morgan fingerprint density at radius 3 is 2.57 bits per heavy atom. The summed E-state index contributed by atoms with van der Waals surface area (Å²) < 4.78 is 50.1. The Morgan fingerprint density at radius 2 is 1.83 bits per heavy atom. The van der Waals surface area contributed by atoms with Gasteiger partial charge in [0.2, 0.25) is 0 Å². The minimum Gasteiger partial charge on any atom is -0.484 e. The molecule has 0 radical (unpaired) electrons. The maximum Gasteiger partial charge on any atom is 0.297 e. The summed E-state index contributed by atoms with van der Waals surface area (Å²) in [6.07, 6.45) is -0.327. The molecule has 1 aliphatic rings. The van der Waals surface area contributed by atoms with Crippen molar-refractivity contribution in [3.63, 3.8) is 0 Å². The molecule has 156 valence electrons. The van der Waals surface area contributed by atoms with E-state index in [1.54, 1.807) is 30.3 Å². The monoisotopic (exact) mass is 466 g/mol. The first-order chi connectivity index (χ1) is 14.2. The van der Waals surface area contributed by atoms with Crippen LogP contribution in [-0.2, 0) is 20.7 Å². The van der Waals surface area contributed by atoms with Gasteiger partial charge in [-0.25, -0.2) is 4.39 Å². The molecule has 0 N–H and O–H groups in total. The minimum atomic E-state index is -3.95. The van der Waals surface area contributed by atoms with Crippen LogP contribution < -0.4 is 4.74 Å². The summed E-state index contributed by atoms with van der Waals surface area (Å²) in [7, 11) is -2.84. The van der Waals surface area contributed by atoms with Crippen molar-refractivity contribution in [3.8, 4) is 16.9 Å². The molecule has 1 unspecified atom stereocenters. The smallest absolute Gasteiger partial charge is 0.297 e. The minimum absolute atomic E-state index is 0.0243. The first-order valence-electron chi connectivity index (χ1n) is 9.05. The Morgan fingerprint density at radius 1 is 1.07 bits per heavy atom. The highest BCUT2D eigenvalue weighted by atomic mass is 35.5. The average Bonchev–Trinajstić information content (AvgIpc) is 3.13. The van der Waals surface area contributed by atoms with Gasteiger partial charge in [-0.3, -0.25) is 4.18 Å². The Balaban J connectivity index is 1.84. The summed E-state index contributed by atoms with van der Waals surface area (Å²) in [5.41, 5.74) is 2.94. The molecule has 0 aliphatic carbocycles. The third-order valence-electron chi connectivity index (χ3n) is 5.02. The van der Waals surface area contributed by atoms with E-state index >= 15 is 0 Å². The van der Waals surface area contributed by atoms with Gasteiger partial charge in [-0.1, -0.05) is 40.9 Å². The average molecular weight is 467 g/mol. The molecule has 30 heavy (non-hydrogen) atoms. The van der Waals surface area contributed by atoms with Crippen LogP contribution >= 0.6 is 23.2 Å². The standard InChI is InChI=1S/C22H17Cl2FO4S/c1-12-3-6-21(30(26,27)28-2)18(7-12)20-9-13-8-15(25)11-17(22(13)29-20)16-10-14(23)4-5-19(16)24/h3-8,10-11,20H,9H2,1-2H3. The lowest BCUT2D eigenvalue weighted by molar-refractivity contribution is 0.235. The summed E-state index contributed by atoms with van der Waals surface area (Å²) in [6, 6.07) is 12.6. The number of hydrogen-bond acceptors (Lipinski definition) is 4. The van der Waals surface area contributed by atoms with Gasteiger partial charge in [0.05, 0.1) is 7.11 Å². The van der Waals surface area contributed by atoms with Crippen LogP contribution in [0.2, 0.25) is 10.0 Å². The van der Waals surface area contributed by atoms with Gasteiger partial charge in [0, 0.05) is 38.7 Å². The molecule has 1 atom stereocenters. The molecule has 4 rings (SSSR count). The molecule has 3 aromatic carbocycles. The second kappa shape index (κ2) is 7.85. The van der Waals surface area contributed by atoms with E-state index in [2.05, 4.69) is 0 Å². The third-order valence-corrected chi connectivity index (χ3v) is 6.93. The first-order valence-corrected chi connectivity index (χ1v) is 11.2. The molecule has 8 heteroatoms. The summed E-state index contributed by atoms with van der Waals surface area (Å²) in [5.74, 6) is 0.00542. The van der Waals surface area contributed by atoms with Crippen LogP contribution in [0.3, 0.4) is 0 Å². The number of hydrogen-bond donors (Lipinski definition) is 0. The zero-order chi connectivity index (χ0) is 21.6. The Kier molecular flexibility index (Phi) is 5.53. The molecule has 0 amide bonds. The summed E-state index contributed by atoms with van der Waals surface area (Å²) >= 11 is 12.4. The van der Waals surface area contributed by atoms with E-state index in [4.69, 9.17) is 32.1 Å². The van der Waals surface area contributed by atoms with Gasteiger partial charge in [0.25, 0.3) is 10.1 Å². The van der Waals surface area contributed by atoms with Crippen molar-refractivity contribution in [1.29, 1.82) is 0 Å². The topological polar surface area (TPSA) is 52.6 Å². The van der Waals surface area contributed by atoms with E-state index in [9.17, 15) is 12.8 Å². The molecule has 3 aromatic rings. The fraction of sp³-hybridized carbons (Fsp3) is 0.182. The summed E-state index contributed by atoms with van der Waals surface area (Å²) in [4.78, 5) is 0.0243. The second-order valence-electron chi connectivity index (χ2n) is 7.04. The van der Waals surface area contributed by atoms with Crippen LogP contribution in [0.15, 0.2) is 53.4 Å². The zero-order valence-electron chi connectivity index (χ0n) is 16.1. The van der Waals surface area contributed by atoms with Gasteiger partial charge in [-0.15, -0.1) is 0 Å². The Labute approximate surface area is 184 Å². The fourth-order valence-corrected chi connectivity index (χ4v) is 4.92. The van der Waals surface area contributed by atoms with E-state index in [-0.39, 0.29) is 4.90 Å². The van der Waals surface area contributed by atoms with Crippen molar-refractivity contribution in [2.24, 2.45) is 0 Å². The van der Waals surface area contributed by atoms with Crippen molar-refractivity contribution in [1.82, 2.24) is 0 Å². The molecule has 1 heterocycles. The van der Waals surface area contributed by atoms with Crippen LogP contribution in [0.5, 0.6) is 5.75 Å². The van der Waals surface area contributed by atoms with Gasteiger partial charge in [-0.2, -0.15) is 8.42 Å². The quantitative estimate of drug-likeness (QED) is 0.434. The molecule has 0 saturated heterocycles. The Hall–Kier alpha value is -2.12. The molecule has 0 bridgehead atoms. The molecular formula is C22H17Cl2FO4S. The Bertz CT molecular complexity index is 1260. The zero-order valence-corrected chi connectivity index (χ0v) is 18.4. The van der Waals surface area contributed by atoms with E-state index in [0.717, 1.165) is 12.7 Å². The number of benzene rings is 3. The van der Waals surface area contributed by atoms with Gasteiger partial charge < -0.3 is 4.74 Å². The van der Waals surface area contributed by atoms with E-state index in [0.29, 0.717) is 44.5 Å². The van der Waals surface area contributed by atoms with Gasteiger partial charge >= 0.3 is 0 Å². The van der Waals surface area contributed by atoms with Crippen LogP contribution in [-0.4, -0.2) is 15.5 Å². The number of aryl methyl sites for hydroxylation is 1. The van der Waals surface area contributed by atoms with Crippen molar-refractivity contribution in [2.45, 2.75) is 24.3 Å². The van der Waals surface area contributed by atoms with Gasteiger partial charge in [-0.05, 0) is 43.3 Å². The lowest BCUT2D eigenvalue weighted by atomic mass is 9.98. The molecule has 1 aliphatic heterocycles. The van der Waals surface area contributed by atoms with Crippen molar-refractivity contribution >= 4 is 33.3 Å². The third kappa shape index (κ3) is 3.81. The highest BCUT2D eigenvalue weighted by Crippen LogP contribution is 2.47. The first kappa shape index (κ1) is 21.1. The summed E-state index contributed by atoms with van der Waals surface area (Å²) in [5, 5.41) is 0.853. The van der Waals surface area contributed by atoms with Crippen LogP contribution in [0.25, 0.3) is 11.1 Å². The largest absolute Gasteiger partial charge is 0.484 e. The van der Waals surface area contributed by atoms with Crippen LogP contribution in [0.1, 0.15) is 22.8 Å². The second-order valence-corrected chi connectivity index (χ2v) is 9.56. The van der Waals surface area contributed by atoms with Gasteiger partial charge in [0.1, 0.15) is 22.6 Å². The molecule has 4 nitrogen and oxygen atoms in total. The summed E-state index contributed by atoms with van der Waals surface area (Å²) in [6.45, 7) is 1.85. The van der Waals surface area contributed by atoms with Crippen molar-refractivity contribution < 1.29 is 21.7 Å². The highest BCUT2D eigenvalue weighted by molar-refractivity contribution is 7.86. The number of halogens is 3. The maximum absolute atomic E-state index is 14.4. The van der Waals surface area contributed by atoms with E-state index < -0.39 is 22.0 Å². The lowest BCUT2D eigenvalue weighted by Gasteiger charge is -2.17. The normalized spacial score (nSPS) is 15.7. The van der Waals surface area contributed by atoms with E-state index in [1.807, 2.05) is 6.92 Å². The molecular weight excluding hydrogens is 450 g/mol. The van der Waals surface area contributed by atoms with Crippen molar-refractivity contribution in [3.05, 3.63) is 81.1 Å². The predicted molar refractivity (Wildman–Crippen MR) is 114 cm³/mol. The van der Waals surface area contributed by atoms with Crippen LogP contribution in [0, 0.1) is 12.7 Å². The molecule has 0 aromatic heterocycles. The maximum atomic E-state index is 14.4. The fourth-order valence-electron chi connectivity index (χ4n) is 3.64. The van der Waals surface area contributed by atoms with Crippen molar-refractivity contribution in [2.75, 3.05) is 7.11 Å². The van der Waals surface area contributed by atoms with E-state index in [1.165, 1.54) is 18.2 Å². The van der Waals surface area contributed by atoms with Gasteiger partial charge in [0.15, 0.2) is 0 Å². The number of fused-ring (bicyclic) bond motifs is 1. The lowest BCUT2D eigenvalue weighted by Crippen LogP contribution is -2.12. The SMILES string of the molecule is COS(=O)(=O)c1ccc(C)cc1C1Cc2cc(F)cc(-c3cc(Cl)ccc3Cl)c2O1.